The zero-order chi connectivity index (χ0) is 9.97. The Bertz CT molecular complexity index is 336. The maximum Gasteiger partial charge on any atom is 0.246 e. The summed E-state index contributed by atoms with van der Waals surface area (Å²) in [5.41, 5.74) is 1.20. The monoisotopic (exact) mass is 207 g/mol. The van der Waals surface area contributed by atoms with Crippen molar-refractivity contribution in [3.8, 4) is 0 Å². The van der Waals surface area contributed by atoms with Crippen molar-refractivity contribution in [3.05, 3.63) is 35.9 Å². The highest BCUT2D eigenvalue weighted by Gasteiger charge is 2.28. The molecule has 1 aliphatic rings. The molecule has 1 aromatic carbocycles. The summed E-state index contributed by atoms with van der Waals surface area (Å²) in [6, 6.07) is 10.5. The SMILES string of the molecule is CSC1=NC(C)C(c2ccccc2)O1. The molecule has 1 aliphatic heterocycles. The second-order valence-corrected chi connectivity index (χ2v) is 4.05. The number of hydrogen-bond donors (Lipinski definition) is 0. The van der Waals surface area contributed by atoms with E-state index in [9.17, 15) is 0 Å². The van der Waals surface area contributed by atoms with Crippen LogP contribution in [-0.4, -0.2) is 17.5 Å². The quantitative estimate of drug-likeness (QED) is 0.706. The molecular weight excluding hydrogens is 194 g/mol. The van der Waals surface area contributed by atoms with E-state index < -0.39 is 0 Å². The highest BCUT2D eigenvalue weighted by Crippen LogP contribution is 2.30. The minimum absolute atomic E-state index is 0.0960. The molecule has 2 rings (SSSR count). The standard InChI is InChI=1S/C11H13NOS/c1-8-10(13-11(12-8)14-2)9-6-4-3-5-7-9/h3-8,10H,1-2H3. The van der Waals surface area contributed by atoms with Crippen LogP contribution in [0.25, 0.3) is 0 Å². The first-order chi connectivity index (χ1) is 6.81. The van der Waals surface area contributed by atoms with Gasteiger partial charge in [-0.15, -0.1) is 0 Å². The summed E-state index contributed by atoms with van der Waals surface area (Å²) in [7, 11) is 0. The number of thioether (sulfide) groups is 1. The number of benzene rings is 1. The van der Waals surface area contributed by atoms with Crippen LogP contribution < -0.4 is 0 Å². The Hall–Kier alpha value is -0.960. The normalized spacial score (nSPS) is 25.7. The van der Waals surface area contributed by atoms with Crippen LogP contribution in [0.4, 0.5) is 0 Å². The van der Waals surface area contributed by atoms with E-state index in [2.05, 4.69) is 24.0 Å². The Labute approximate surface area is 88.4 Å². The molecule has 0 radical (unpaired) electrons. The first kappa shape index (κ1) is 9.59. The molecule has 1 heterocycles. The van der Waals surface area contributed by atoms with Crippen molar-refractivity contribution in [2.75, 3.05) is 6.26 Å². The lowest BCUT2D eigenvalue weighted by Crippen LogP contribution is -2.09. The topological polar surface area (TPSA) is 21.6 Å². The van der Waals surface area contributed by atoms with Gasteiger partial charge in [-0.3, -0.25) is 0 Å². The lowest BCUT2D eigenvalue weighted by Gasteiger charge is -2.14. The summed E-state index contributed by atoms with van der Waals surface area (Å²) in [5, 5.41) is 0.798. The second kappa shape index (κ2) is 4.05. The van der Waals surface area contributed by atoms with E-state index in [4.69, 9.17) is 4.74 Å². The summed E-state index contributed by atoms with van der Waals surface area (Å²) in [5.74, 6) is 0. The van der Waals surface area contributed by atoms with Gasteiger partial charge in [0.1, 0.15) is 6.10 Å². The Morgan fingerprint density at radius 2 is 2.00 bits per heavy atom. The molecule has 0 spiro atoms. The van der Waals surface area contributed by atoms with E-state index in [1.165, 1.54) is 5.56 Å². The highest BCUT2D eigenvalue weighted by molar-refractivity contribution is 8.12. The van der Waals surface area contributed by atoms with Gasteiger partial charge in [-0.25, -0.2) is 4.99 Å². The summed E-state index contributed by atoms with van der Waals surface area (Å²) in [6.45, 7) is 2.08. The second-order valence-electron chi connectivity index (χ2n) is 3.29. The first-order valence-electron chi connectivity index (χ1n) is 4.64. The van der Waals surface area contributed by atoms with E-state index in [-0.39, 0.29) is 12.1 Å². The largest absolute Gasteiger partial charge is 0.463 e. The lowest BCUT2D eigenvalue weighted by atomic mass is 10.0. The highest BCUT2D eigenvalue weighted by atomic mass is 32.2. The van der Waals surface area contributed by atoms with Gasteiger partial charge in [0.2, 0.25) is 5.23 Å². The zero-order valence-electron chi connectivity index (χ0n) is 8.31. The summed E-state index contributed by atoms with van der Waals surface area (Å²) in [6.07, 6.45) is 2.08. The van der Waals surface area contributed by atoms with Gasteiger partial charge in [0.15, 0.2) is 0 Å². The van der Waals surface area contributed by atoms with Gasteiger partial charge in [0.25, 0.3) is 0 Å². The molecule has 2 atom stereocenters. The smallest absolute Gasteiger partial charge is 0.246 e. The molecule has 0 N–H and O–H groups in total. The Balaban J connectivity index is 2.16. The van der Waals surface area contributed by atoms with E-state index in [0.717, 1.165) is 5.23 Å². The van der Waals surface area contributed by atoms with Gasteiger partial charge >= 0.3 is 0 Å². The number of ether oxygens (including phenoxy) is 1. The number of hydrogen-bond acceptors (Lipinski definition) is 3. The molecule has 0 aliphatic carbocycles. The average Bonchev–Trinajstić information content (AvgIpc) is 2.61. The van der Waals surface area contributed by atoms with Crippen LogP contribution in [0.3, 0.4) is 0 Å². The van der Waals surface area contributed by atoms with Gasteiger partial charge in [0.05, 0.1) is 6.04 Å². The van der Waals surface area contributed by atoms with Crippen molar-refractivity contribution in [1.29, 1.82) is 0 Å². The average molecular weight is 207 g/mol. The van der Waals surface area contributed by atoms with E-state index in [0.29, 0.717) is 0 Å². The molecule has 2 unspecified atom stereocenters. The van der Waals surface area contributed by atoms with Gasteiger partial charge in [-0.2, -0.15) is 0 Å². The van der Waals surface area contributed by atoms with Crippen molar-refractivity contribution in [1.82, 2.24) is 0 Å². The lowest BCUT2D eigenvalue weighted by molar-refractivity contribution is 0.207. The van der Waals surface area contributed by atoms with Crippen LogP contribution in [0.15, 0.2) is 35.3 Å². The minimum Gasteiger partial charge on any atom is -0.463 e. The molecule has 0 amide bonds. The zero-order valence-corrected chi connectivity index (χ0v) is 9.12. The molecule has 74 valence electrons. The van der Waals surface area contributed by atoms with Crippen molar-refractivity contribution < 1.29 is 4.74 Å². The van der Waals surface area contributed by atoms with Crippen molar-refractivity contribution >= 4 is 17.0 Å². The van der Waals surface area contributed by atoms with Gasteiger partial charge in [0, 0.05) is 0 Å². The van der Waals surface area contributed by atoms with E-state index >= 15 is 0 Å². The van der Waals surface area contributed by atoms with Crippen LogP contribution in [0.5, 0.6) is 0 Å². The van der Waals surface area contributed by atoms with Gasteiger partial charge in [-0.05, 0) is 18.7 Å². The van der Waals surface area contributed by atoms with E-state index in [1.54, 1.807) is 11.8 Å². The number of nitrogens with zero attached hydrogens (tertiary/aromatic N) is 1. The van der Waals surface area contributed by atoms with Crippen LogP contribution in [0, 0.1) is 0 Å². The maximum atomic E-state index is 5.72. The maximum absolute atomic E-state index is 5.72. The first-order valence-corrected chi connectivity index (χ1v) is 5.87. The minimum atomic E-state index is 0.0960. The predicted octanol–water partition coefficient (Wildman–Crippen LogP) is 2.87. The van der Waals surface area contributed by atoms with Crippen LogP contribution >= 0.6 is 11.8 Å². The molecule has 0 saturated heterocycles. The molecule has 0 aromatic heterocycles. The summed E-state index contributed by atoms with van der Waals surface area (Å²) < 4.78 is 5.72. The van der Waals surface area contributed by atoms with Crippen LogP contribution in [0.1, 0.15) is 18.6 Å². The molecule has 2 nitrogen and oxygen atoms in total. The Kier molecular flexibility index (Phi) is 2.77. The van der Waals surface area contributed by atoms with Gasteiger partial charge in [-0.1, -0.05) is 42.1 Å². The van der Waals surface area contributed by atoms with Crippen LogP contribution in [-0.2, 0) is 4.74 Å². The van der Waals surface area contributed by atoms with E-state index in [1.807, 2.05) is 24.5 Å². The summed E-state index contributed by atoms with van der Waals surface area (Å²) in [4.78, 5) is 4.42. The molecular formula is C11H13NOS. The fourth-order valence-electron chi connectivity index (χ4n) is 1.56. The molecule has 0 saturated carbocycles. The van der Waals surface area contributed by atoms with Crippen molar-refractivity contribution in [2.24, 2.45) is 4.99 Å². The van der Waals surface area contributed by atoms with Crippen LogP contribution in [0.2, 0.25) is 0 Å². The fourth-order valence-corrected chi connectivity index (χ4v) is 2.03. The number of aliphatic imine (C=N–C) groups is 1. The molecule has 0 bridgehead atoms. The Morgan fingerprint density at radius 3 is 2.57 bits per heavy atom. The Morgan fingerprint density at radius 1 is 1.29 bits per heavy atom. The third-order valence-corrected chi connectivity index (χ3v) is 2.83. The van der Waals surface area contributed by atoms with Crippen molar-refractivity contribution in [2.45, 2.75) is 19.1 Å². The molecule has 1 aromatic rings. The van der Waals surface area contributed by atoms with Gasteiger partial charge < -0.3 is 4.74 Å². The summed E-state index contributed by atoms with van der Waals surface area (Å²) >= 11 is 1.56. The molecule has 0 fully saturated rings. The third kappa shape index (κ3) is 1.77. The predicted molar refractivity (Wildman–Crippen MR) is 60.7 cm³/mol. The third-order valence-electron chi connectivity index (χ3n) is 2.28. The number of rotatable bonds is 1. The molecule has 3 heteroatoms. The van der Waals surface area contributed by atoms with Crippen molar-refractivity contribution in [3.63, 3.8) is 0 Å². The fraction of sp³-hybridized carbons (Fsp3) is 0.364. The molecule has 14 heavy (non-hydrogen) atoms.